The van der Waals surface area contributed by atoms with E-state index in [9.17, 15) is 4.79 Å². The number of rotatable bonds is 5. The Morgan fingerprint density at radius 2 is 2.29 bits per heavy atom. The highest BCUT2D eigenvalue weighted by molar-refractivity contribution is 5.63. The van der Waals surface area contributed by atoms with Gasteiger partial charge in [-0.25, -0.2) is 0 Å². The van der Waals surface area contributed by atoms with Crippen LogP contribution in [-0.4, -0.2) is 11.9 Å². The molecule has 0 aliphatic carbocycles. The molecule has 0 aromatic carbocycles. The fourth-order valence-electron chi connectivity index (χ4n) is 1.95. The lowest BCUT2D eigenvalue weighted by Gasteiger charge is -2.31. The molecule has 14 heavy (non-hydrogen) atoms. The molecule has 1 aliphatic heterocycles. The third-order valence-electron chi connectivity index (χ3n) is 2.79. The minimum atomic E-state index is -0.508. The van der Waals surface area contributed by atoms with Gasteiger partial charge in [0, 0.05) is 0 Å². The average molecular weight is 196 g/mol. The van der Waals surface area contributed by atoms with E-state index in [-0.39, 0.29) is 0 Å². The van der Waals surface area contributed by atoms with Gasteiger partial charge >= 0.3 is 0 Å². The van der Waals surface area contributed by atoms with Gasteiger partial charge in [0.15, 0.2) is 11.9 Å². The first-order valence-corrected chi connectivity index (χ1v) is 5.58. The Morgan fingerprint density at radius 3 is 2.71 bits per heavy atom. The van der Waals surface area contributed by atoms with Crippen LogP contribution >= 0.6 is 0 Å². The van der Waals surface area contributed by atoms with Crippen molar-refractivity contribution in [3.63, 3.8) is 0 Å². The number of hydrogen-bond acceptors (Lipinski definition) is 2. The van der Waals surface area contributed by atoms with Gasteiger partial charge in [-0.15, -0.1) is 0 Å². The Hall–Kier alpha value is -0.790. The molecule has 2 nitrogen and oxygen atoms in total. The molecule has 0 saturated carbocycles. The highest BCUT2D eigenvalue weighted by atomic mass is 16.5. The summed E-state index contributed by atoms with van der Waals surface area (Å²) in [5.41, 5.74) is 0.840. The van der Waals surface area contributed by atoms with Crippen LogP contribution in [0.2, 0.25) is 0 Å². The van der Waals surface area contributed by atoms with Crippen LogP contribution in [0.5, 0.6) is 0 Å². The van der Waals surface area contributed by atoms with E-state index in [1.807, 2.05) is 6.26 Å². The number of aldehydes is 1. The van der Waals surface area contributed by atoms with Crippen LogP contribution in [0, 0.1) is 0 Å². The molecule has 0 fully saturated rings. The second kappa shape index (κ2) is 5.18. The lowest BCUT2D eigenvalue weighted by molar-refractivity contribution is -0.127. The molecule has 0 N–H and O–H groups in total. The summed E-state index contributed by atoms with van der Waals surface area (Å²) in [5, 5.41) is 0. The largest absolute Gasteiger partial charge is 0.487 e. The van der Waals surface area contributed by atoms with Crippen molar-refractivity contribution in [2.75, 3.05) is 0 Å². The van der Waals surface area contributed by atoms with Crippen molar-refractivity contribution in [1.29, 1.82) is 0 Å². The maximum atomic E-state index is 11.0. The van der Waals surface area contributed by atoms with Crippen molar-refractivity contribution in [1.82, 2.24) is 0 Å². The van der Waals surface area contributed by atoms with Crippen LogP contribution in [0.25, 0.3) is 0 Å². The minimum absolute atomic E-state index is 0.508. The van der Waals surface area contributed by atoms with Crippen molar-refractivity contribution in [3.8, 4) is 0 Å². The number of carbonyl (C=O) groups is 1. The van der Waals surface area contributed by atoms with Crippen molar-refractivity contribution in [2.45, 2.75) is 58.0 Å². The third-order valence-corrected chi connectivity index (χ3v) is 2.79. The molecule has 0 aromatic heterocycles. The van der Waals surface area contributed by atoms with Crippen molar-refractivity contribution < 1.29 is 9.53 Å². The first-order chi connectivity index (χ1) is 6.76. The van der Waals surface area contributed by atoms with Crippen LogP contribution in [0.4, 0.5) is 0 Å². The second-order valence-corrected chi connectivity index (χ2v) is 4.08. The molecular weight excluding hydrogens is 176 g/mol. The molecule has 80 valence electrons. The highest BCUT2D eigenvalue weighted by Crippen LogP contribution is 2.31. The quantitative estimate of drug-likeness (QED) is 0.631. The topological polar surface area (TPSA) is 26.3 Å². The monoisotopic (exact) mass is 196 g/mol. The van der Waals surface area contributed by atoms with Crippen LogP contribution in [0.15, 0.2) is 11.8 Å². The number of hydrogen-bond donors (Lipinski definition) is 0. The Balaban J connectivity index is 2.57. The van der Waals surface area contributed by atoms with Gasteiger partial charge < -0.3 is 4.74 Å². The fraction of sp³-hybridized carbons (Fsp3) is 0.750. The van der Waals surface area contributed by atoms with Crippen molar-refractivity contribution in [3.05, 3.63) is 11.8 Å². The highest BCUT2D eigenvalue weighted by Gasteiger charge is 2.32. The van der Waals surface area contributed by atoms with Gasteiger partial charge in [0.2, 0.25) is 0 Å². The fourth-order valence-corrected chi connectivity index (χ4v) is 1.95. The van der Waals surface area contributed by atoms with Gasteiger partial charge in [-0.2, -0.15) is 0 Å². The molecule has 0 radical (unpaired) electrons. The minimum Gasteiger partial charge on any atom is -0.487 e. The number of allylic oxidation sites excluding steroid dienone is 1. The van der Waals surface area contributed by atoms with Crippen molar-refractivity contribution >= 4 is 6.29 Å². The van der Waals surface area contributed by atoms with E-state index < -0.39 is 5.60 Å². The predicted octanol–water partition coefficient (Wildman–Crippen LogP) is 3.22. The Bertz CT molecular complexity index is 220. The Labute approximate surface area is 86.3 Å². The summed E-state index contributed by atoms with van der Waals surface area (Å²) in [6.45, 7) is 4.24. The van der Waals surface area contributed by atoms with E-state index in [1.54, 1.807) is 0 Å². The molecule has 0 bridgehead atoms. The van der Waals surface area contributed by atoms with E-state index >= 15 is 0 Å². The summed E-state index contributed by atoms with van der Waals surface area (Å²) in [5.74, 6) is 0. The summed E-state index contributed by atoms with van der Waals surface area (Å²) in [6.07, 6.45) is 8.76. The van der Waals surface area contributed by atoms with Crippen molar-refractivity contribution in [2.24, 2.45) is 0 Å². The number of ether oxygens (including phenoxy) is 1. The van der Waals surface area contributed by atoms with E-state index in [0.717, 1.165) is 44.8 Å². The van der Waals surface area contributed by atoms with E-state index in [4.69, 9.17) is 4.74 Å². The second-order valence-electron chi connectivity index (χ2n) is 4.08. The summed E-state index contributed by atoms with van der Waals surface area (Å²) in [7, 11) is 0. The maximum absolute atomic E-state index is 11.0. The predicted molar refractivity (Wildman–Crippen MR) is 57.0 cm³/mol. The first-order valence-electron chi connectivity index (χ1n) is 5.58. The maximum Gasteiger partial charge on any atom is 0.163 e. The van der Waals surface area contributed by atoms with Crippen LogP contribution < -0.4 is 0 Å². The summed E-state index contributed by atoms with van der Waals surface area (Å²) in [4.78, 5) is 11.0. The van der Waals surface area contributed by atoms with E-state index in [0.29, 0.717) is 0 Å². The zero-order valence-corrected chi connectivity index (χ0v) is 9.21. The summed E-state index contributed by atoms with van der Waals surface area (Å²) in [6, 6.07) is 0. The molecule has 0 spiro atoms. The molecule has 0 saturated heterocycles. The zero-order valence-electron chi connectivity index (χ0n) is 9.21. The molecule has 2 heteroatoms. The summed E-state index contributed by atoms with van der Waals surface area (Å²) < 4.78 is 5.59. The van der Waals surface area contributed by atoms with E-state index in [1.165, 1.54) is 5.57 Å². The molecule has 1 atom stereocenters. The normalized spacial score (nSPS) is 26.6. The third kappa shape index (κ3) is 2.60. The van der Waals surface area contributed by atoms with Crippen LogP contribution in [0.3, 0.4) is 0 Å². The van der Waals surface area contributed by atoms with Crippen LogP contribution in [-0.2, 0) is 9.53 Å². The number of carbonyl (C=O) groups excluding carboxylic acids is 1. The van der Waals surface area contributed by atoms with Gasteiger partial charge in [0.25, 0.3) is 0 Å². The van der Waals surface area contributed by atoms with Gasteiger partial charge in [-0.05, 0) is 31.3 Å². The SMILES string of the molecule is CCCC1=COC(C=O)(CCC)CC1. The standard InChI is InChI=1S/C12H20O2/c1-3-5-11-6-8-12(10-13,7-4-2)14-9-11/h9-10H,3-8H2,1-2H3. The summed E-state index contributed by atoms with van der Waals surface area (Å²) >= 11 is 0. The van der Waals surface area contributed by atoms with Gasteiger partial charge in [-0.1, -0.05) is 26.7 Å². The van der Waals surface area contributed by atoms with Gasteiger partial charge in [-0.3, -0.25) is 4.79 Å². The van der Waals surface area contributed by atoms with Gasteiger partial charge in [0.05, 0.1) is 6.26 Å². The van der Waals surface area contributed by atoms with E-state index in [2.05, 4.69) is 13.8 Å². The molecular formula is C12H20O2. The lowest BCUT2D eigenvalue weighted by Crippen LogP contribution is -2.35. The molecule has 1 unspecified atom stereocenters. The molecule has 1 aliphatic rings. The average Bonchev–Trinajstić information content (AvgIpc) is 2.22. The zero-order chi connectivity index (χ0) is 10.4. The molecule has 0 amide bonds. The Morgan fingerprint density at radius 1 is 1.50 bits per heavy atom. The molecule has 0 aromatic rings. The molecule has 1 heterocycles. The lowest BCUT2D eigenvalue weighted by atomic mass is 9.89. The smallest absolute Gasteiger partial charge is 0.163 e. The van der Waals surface area contributed by atoms with Gasteiger partial charge in [0.1, 0.15) is 0 Å². The van der Waals surface area contributed by atoms with Crippen LogP contribution in [0.1, 0.15) is 52.4 Å². The Kier molecular flexibility index (Phi) is 4.18. The molecule has 1 rings (SSSR count). The first kappa shape index (κ1) is 11.3.